The van der Waals surface area contributed by atoms with Gasteiger partial charge in [0.05, 0.1) is 12.5 Å². The lowest BCUT2D eigenvalue weighted by Gasteiger charge is -2.25. The van der Waals surface area contributed by atoms with E-state index in [1.54, 1.807) is 0 Å². The molecule has 0 aliphatic carbocycles. The second-order valence-corrected chi connectivity index (χ2v) is 6.78. The maximum Gasteiger partial charge on any atom is 0.231 e. The smallest absolute Gasteiger partial charge is 0.231 e. The summed E-state index contributed by atoms with van der Waals surface area (Å²) in [5.41, 5.74) is 1.48. The summed E-state index contributed by atoms with van der Waals surface area (Å²) in [4.78, 5) is 7.12. The summed E-state index contributed by atoms with van der Waals surface area (Å²) >= 11 is 0. The van der Waals surface area contributed by atoms with Crippen LogP contribution >= 0.6 is 0 Å². The number of hydrogen-bond donors (Lipinski definition) is 0. The van der Waals surface area contributed by atoms with E-state index >= 15 is 0 Å². The first kappa shape index (κ1) is 14.8. The maximum atomic E-state index is 5.75. The lowest BCUT2D eigenvalue weighted by atomic mass is 9.77. The average molecular weight is 313 g/mol. The molecule has 2 saturated heterocycles. The Bertz CT molecular complexity index is 649. The van der Waals surface area contributed by atoms with Crippen molar-refractivity contribution < 1.29 is 9.26 Å². The zero-order valence-electron chi connectivity index (χ0n) is 13.6. The number of aryl methyl sites for hydroxylation is 1. The molecule has 1 aromatic carbocycles. The zero-order chi connectivity index (χ0) is 15.7. The van der Waals surface area contributed by atoms with Crippen molar-refractivity contribution in [2.75, 3.05) is 26.3 Å². The first-order valence-electron chi connectivity index (χ1n) is 8.45. The second-order valence-electron chi connectivity index (χ2n) is 6.78. The third-order valence-corrected chi connectivity index (χ3v) is 5.20. The van der Waals surface area contributed by atoms with Crippen molar-refractivity contribution in [3.63, 3.8) is 0 Å². The van der Waals surface area contributed by atoms with Gasteiger partial charge < -0.3 is 9.26 Å². The van der Waals surface area contributed by atoms with Gasteiger partial charge in [0.15, 0.2) is 5.82 Å². The Morgan fingerprint density at radius 2 is 2.17 bits per heavy atom. The molecule has 0 radical (unpaired) electrons. The fourth-order valence-corrected chi connectivity index (χ4v) is 3.95. The van der Waals surface area contributed by atoms with Crippen LogP contribution in [0.15, 0.2) is 34.9 Å². The van der Waals surface area contributed by atoms with E-state index in [9.17, 15) is 0 Å². The summed E-state index contributed by atoms with van der Waals surface area (Å²) in [5, 5.41) is 4.10. The van der Waals surface area contributed by atoms with Gasteiger partial charge in [-0.05, 0) is 12.0 Å². The lowest BCUT2D eigenvalue weighted by molar-refractivity contribution is 0.138. The third kappa shape index (κ3) is 2.79. The topological polar surface area (TPSA) is 51.4 Å². The number of aromatic nitrogens is 2. The van der Waals surface area contributed by atoms with E-state index in [2.05, 4.69) is 52.3 Å². The molecule has 23 heavy (non-hydrogen) atoms. The van der Waals surface area contributed by atoms with Gasteiger partial charge in [0, 0.05) is 38.1 Å². The Labute approximate surface area is 136 Å². The monoisotopic (exact) mass is 313 g/mol. The van der Waals surface area contributed by atoms with Crippen LogP contribution in [0, 0.1) is 5.41 Å². The third-order valence-electron chi connectivity index (χ3n) is 5.20. The Kier molecular flexibility index (Phi) is 3.91. The van der Waals surface area contributed by atoms with E-state index in [0.29, 0.717) is 0 Å². The largest absolute Gasteiger partial charge is 0.381 e. The average Bonchev–Trinajstić information content (AvgIpc) is 3.30. The van der Waals surface area contributed by atoms with E-state index in [0.717, 1.165) is 57.4 Å². The van der Waals surface area contributed by atoms with Gasteiger partial charge in [-0.25, -0.2) is 0 Å². The highest BCUT2D eigenvalue weighted by atomic mass is 16.5. The van der Waals surface area contributed by atoms with Crippen LogP contribution in [0.25, 0.3) is 0 Å². The van der Waals surface area contributed by atoms with E-state index in [1.807, 2.05) is 0 Å². The zero-order valence-corrected chi connectivity index (χ0v) is 13.6. The summed E-state index contributed by atoms with van der Waals surface area (Å²) in [6.45, 7) is 6.66. The number of ether oxygens (including phenoxy) is 1. The minimum Gasteiger partial charge on any atom is -0.381 e. The summed E-state index contributed by atoms with van der Waals surface area (Å²) in [5.74, 6) is 1.87. The number of nitrogens with zero attached hydrogens (tertiary/aromatic N) is 3. The maximum absolute atomic E-state index is 5.75. The molecule has 2 aromatic rings. The first-order chi connectivity index (χ1) is 11.3. The van der Waals surface area contributed by atoms with Crippen LogP contribution in [0.1, 0.15) is 36.5 Å². The van der Waals surface area contributed by atoms with Crippen molar-refractivity contribution in [1.82, 2.24) is 15.0 Å². The molecule has 0 amide bonds. The highest BCUT2D eigenvalue weighted by Crippen LogP contribution is 2.48. The molecule has 2 fully saturated rings. The van der Waals surface area contributed by atoms with Gasteiger partial charge in [0.2, 0.25) is 5.89 Å². The molecule has 1 aromatic heterocycles. The molecule has 3 heterocycles. The summed E-state index contributed by atoms with van der Waals surface area (Å²) in [7, 11) is 0. The van der Waals surface area contributed by atoms with Crippen LogP contribution in [0.3, 0.4) is 0 Å². The van der Waals surface area contributed by atoms with Crippen molar-refractivity contribution in [2.24, 2.45) is 5.41 Å². The molecular weight excluding hydrogens is 290 g/mol. The van der Waals surface area contributed by atoms with Gasteiger partial charge in [-0.1, -0.05) is 42.4 Å². The molecule has 2 aliphatic rings. The van der Waals surface area contributed by atoms with Crippen molar-refractivity contribution >= 4 is 0 Å². The van der Waals surface area contributed by atoms with Crippen LogP contribution in [-0.2, 0) is 17.7 Å². The lowest BCUT2D eigenvalue weighted by Crippen LogP contribution is -2.30. The van der Waals surface area contributed by atoms with Crippen LogP contribution in [0.4, 0.5) is 0 Å². The molecule has 2 aliphatic heterocycles. The Hall–Kier alpha value is -1.72. The SMILES string of the molecule is CCc1noc(C2CN(Cc3ccccc3)CC23CCOC3)n1. The molecule has 5 heteroatoms. The Morgan fingerprint density at radius 3 is 2.87 bits per heavy atom. The van der Waals surface area contributed by atoms with Gasteiger partial charge >= 0.3 is 0 Å². The van der Waals surface area contributed by atoms with Crippen LogP contribution in [0.2, 0.25) is 0 Å². The molecule has 0 saturated carbocycles. The summed E-state index contributed by atoms with van der Waals surface area (Å²) in [6, 6.07) is 10.6. The number of likely N-dealkylation sites (tertiary alicyclic amines) is 1. The molecule has 2 atom stereocenters. The standard InChI is InChI=1S/C18H23N3O2/c1-2-16-19-17(23-20-16)15-11-21(10-14-6-4-3-5-7-14)12-18(15)8-9-22-13-18/h3-7,15H,2,8-13H2,1H3. The minimum absolute atomic E-state index is 0.131. The number of rotatable bonds is 4. The normalized spacial score (nSPS) is 28.0. The highest BCUT2D eigenvalue weighted by molar-refractivity contribution is 5.17. The predicted octanol–water partition coefficient (Wildman–Crippen LogP) is 2.64. The van der Waals surface area contributed by atoms with Crippen LogP contribution < -0.4 is 0 Å². The Morgan fingerprint density at radius 1 is 1.30 bits per heavy atom. The van der Waals surface area contributed by atoms with E-state index in [1.165, 1.54) is 5.56 Å². The minimum atomic E-state index is 0.131. The molecule has 0 bridgehead atoms. The van der Waals surface area contributed by atoms with Gasteiger partial charge in [0.25, 0.3) is 0 Å². The molecule has 0 N–H and O–H groups in total. The van der Waals surface area contributed by atoms with Crippen molar-refractivity contribution in [1.29, 1.82) is 0 Å². The van der Waals surface area contributed by atoms with Gasteiger partial charge in [-0.2, -0.15) is 4.98 Å². The Balaban J connectivity index is 1.57. The number of hydrogen-bond acceptors (Lipinski definition) is 5. The molecular formula is C18H23N3O2. The summed E-state index contributed by atoms with van der Waals surface area (Å²) < 4.78 is 11.3. The van der Waals surface area contributed by atoms with Crippen molar-refractivity contribution in [3.8, 4) is 0 Å². The highest BCUT2D eigenvalue weighted by Gasteiger charge is 2.51. The molecule has 2 unspecified atom stereocenters. The van der Waals surface area contributed by atoms with E-state index in [4.69, 9.17) is 9.26 Å². The van der Waals surface area contributed by atoms with E-state index < -0.39 is 0 Å². The predicted molar refractivity (Wildman–Crippen MR) is 86.0 cm³/mol. The quantitative estimate of drug-likeness (QED) is 0.868. The molecule has 122 valence electrons. The summed E-state index contributed by atoms with van der Waals surface area (Å²) in [6.07, 6.45) is 1.89. The van der Waals surface area contributed by atoms with Gasteiger partial charge in [-0.15, -0.1) is 0 Å². The molecule has 5 nitrogen and oxygen atoms in total. The molecule has 1 spiro atoms. The number of benzene rings is 1. The fourth-order valence-electron chi connectivity index (χ4n) is 3.95. The first-order valence-corrected chi connectivity index (χ1v) is 8.45. The fraction of sp³-hybridized carbons (Fsp3) is 0.556. The van der Waals surface area contributed by atoms with Gasteiger partial charge in [-0.3, -0.25) is 4.90 Å². The second kappa shape index (κ2) is 6.06. The van der Waals surface area contributed by atoms with Gasteiger partial charge in [0.1, 0.15) is 0 Å². The van der Waals surface area contributed by atoms with Crippen LogP contribution in [-0.4, -0.2) is 41.3 Å². The van der Waals surface area contributed by atoms with Crippen LogP contribution in [0.5, 0.6) is 0 Å². The van der Waals surface area contributed by atoms with E-state index in [-0.39, 0.29) is 11.3 Å². The van der Waals surface area contributed by atoms with Crippen molar-refractivity contribution in [3.05, 3.63) is 47.6 Å². The molecule has 4 rings (SSSR count). The van der Waals surface area contributed by atoms with Crippen molar-refractivity contribution in [2.45, 2.75) is 32.2 Å².